The highest BCUT2D eigenvalue weighted by atomic mass is 79.9. The van der Waals surface area contributed by atoms with Gasteiger partial charge in [-0.25, -0.2) is 0 Å². The lowest BCUT2D eigenvalue weighted by atomic mass is 10.1. The number of benzene rings is 2. The standard InChI is InChI=1S/C14H11BrCl2N2O2/c1-7-3-2-4-8(14(18)19-20)13(7)21-12-6-10(16)9(15)5-11(12)17/h2-6,20H,1H3,(H2,18,19). The fourth-order valence-corrected chi connectivity index (χ4v) is 2.57. The van der Waals surface area contributed by atoms with Crippen LogP contribution in [0, 0.1) is 6.92 Å². The van der Waals surface area contributed by atoms with Gasteiger partial charge in [0.05, 0.1) is 15.6 Å². The number of hydrogen-bond acceptors (Lipinski definition) is 3. The summed E-state index contributed by atoms with van der Waals surface area (Å²) in [6, 6.07) is 8.55. The van der Waals surface area contributed by atoms with E-state index in [1.807, 2.05) is 13.0 Å². The van der Waals surface area contributed by atoms with Crippen LogP contribution in [0.2, 0.25) is 10.0 Å². The van der Waals surface area contributed by atoms with Crippen LogP contribution in [0.15, 0.2) is 40.0 Å². The van der Waals surface area contributed by atoms with Gasteiger partial charge in [0.25, 0.3) is 0 Å². The molecule has 7 heteroatoms. The van der Waals surface area contributed by atoms with E-state index in [-0.39, 0.29) is 5.84 Å². The van der Waals surface area contributed by atoms with E-state index in [4.69, 9.17) is 38.9 Å². The van der Waals surface area contributed by atoms with Gasteiger partial charge in [-0.05, 0) is 40.5 Å². The van der Waals surface area contributed by atoms with Crippen LogP contribution in [0.1, 0.15) is 11.1 Å². The second-order valence-electron chi connectivity index (χ2n) is 4.24. The molecule has 0 aliphatic heterocycles. The van der Waals surface area contributed by atoms with Crippen molar-refractivity contribution < 1.29 is 9.94 Å². The van der Waals surface area contributed by atoms with Crippen molar-refractivity contribution in [1.29, 1.82) is 0 Å². The number of oxime groups is 1. The summed E-state index contributed by atoms with van der Waals surface area (Å²) in [4.78, 5) is 0. The van der Waals surface area contributed by atoms with E-state index in [1.54, 1.807) is 24.3 Å². The first kappa shape index (κ1) is 15.9. The van der Waals surface area contributed by atoms with E-state index in [9.17, 15) is 0 Å². The number of para-hydroxylation sites is 1. The summed E-state index contributed by atoms with van der Waals surface area (Å²) < 4.78 is 6.49. The van der Waals surface area contributed by atoms with Gasteiger partial charge >= 0.3 is 0 Å². The van der Waals surface area contributed by atoms with Crippen LogP contribution >= 0.6 is 39.1 Å². The molecule has 21 heavy (non-hydrogen) atoms. The minimum atomic E-state index is -0.0481. The Kier molecular flexibility index (Phi) is 4.98. The van der Waals surface area contributed by atoms with Crippen LogP contribution in [-0.4, -0.2) is 11.0 Å². The van der Waals surface area contributed by atoms with Crippen molar-refractivity contribution in [2.45, 2.75) is 6.92 Å². The normalized spacial score (nSPS) is 11.5. The zero-order chi connectivity index (χ0) is 15.6. The third-order valence-electron chi connectivity index (χ3n) is 2.78. The number of ether oxygens (including phenoxy) is 1. The summed E-state index contributed by atoms with van der Waals surface area (Å²) in [6.45, 7) is 1.85. The largest absolute Gasteiger partial charge is 0.455 e. The zero-order valence-electron chi connectivity index (χ0n) is 10.9. The van der Waals surface area contributed by atoms with E-state index >= 15 is 0 Å². The molecule has 3 N–H and O–H groups in total. The molecule has 0 spiro atoms. The maximum atomic E-state index is 8.86. The van der Waals surface area contributed by atoms with Gasteiger partial charge in [-0.2, -0.15) is 0 Å². The first-order valence-corrected chi connectivity index (χ1v) is 7.39. The number of aryl methyl sites for hydroxylation is 1. The summed E-state index contributed by atoms with van der Waals surface area (Å²) in [5.74, 6) is 0.785. The van der Waals surface area contributed by atoms with Crippen LogP contribution in [0.5, 0.6) is 11.5 Å². The number of rotatable bonds is 3. The summed E-state index contributed by atoms with van der Waals surface area (Å²) in [7, 11) is 0. The maximum Gasteiger partial charge on any atom is 0.173 e. The van der Waals surface area contributed by atoms with Gasteiger partial charge in [-0.3, -0.25) is 0 Å². The molecule has 0 saturated carbocycles. The van der Waals surface area contributed by atoms with Crippen molar-refractivity contribution in [2.24, 2.45) is 10.9 Å². The predicted octanol–water partition coefficient (Wildman–Crippen LogP) is 4.95. The minimum absolute atomic E-state index is 0.0481. The van der Waals surface area contributed by atoms with E-state index in [0.29, 0.717) is 31.6 Å². The lowest BCUT2D eigenvalue weighted by Gasteiger charge is -2.14. The summed E-state index contributed by atoms with van der Waals surface area (Å²) in [5.41, 5.74) is 6.94. The van der Waals surface area contributed by atoms with Crippen LogP contribution in [0.4, 0.5) is 0 Å². The monoisotopic (exact) mass is 388 g/mol. The highest BCUT2D eigenvalue weighted by Gasteiger charge is 2.15. The van der Waals surface area contributed by atoms with Crippen LogP contribution in [0.25, 0.3) is 0 Å². The molecular formula is C14H11BrCl2N2O2. The number of nitrogens with two attached hydrogens (primary N) is 1. The van der Waals surface area contributed by atoms with Gasteiger partial charge in [0.15, 0.2) is 5.84 Å². The molecule has 0 saturated heterocycles. The molecule has 110 valence electrons. The van der Waals surface area contributed by atoms with Gasteiger partial charge < -0.3 is 15.7 Å². The fraction of sp³-hybridized carbons (Fsp3) is 0.0714. The highest BCUT2D eigenvalue weighted by molar-refractivity contribution is 9.10. The number of amidine groups is 1. The van der Waals surface area contributed by atoms with Gasteiger partial charge in [0, 0.05) is 10.5 Å². The molecule has 2 aromatic carbocycles. The average Bonchev–Trinajstić information content (AvgIpc) is 2.45. The number of hydrogen-bond donors (Lipinski definition) is 2. The molecule has 0 heterocycles. The SMILES string of the molecule is Cc1cccc(/C(N)=N/O)c1Oc1cc(Cl)c(Br)cc1Cl. The minimum Gasteiger partial charge on any atom is -0.455 e. The Labute approximate surface area is 140 Å². The quantitative estimate of drug-likeness (QED) is 0.256. The molecule has 2 aromatic rings. The molecule has 2 rings (SSSR count). The van der Waals surface area contributed by atoms with E-state index in [1.165, 1.54) is 0 Å². The van der Waals surface area contributed by atoms with Crippen molar-refractivity contribution >= 4 is 45.0 Å². The Morgan fingerprint density at radius 1 is 1.29 bits per heavy atom. The van der Waals surface area contributed by atoms with Crippen LogP contribution < -0.4 is 10.5 Å². The van der Waals surface area contributed by atoms with Gasteiger partial charge in [0.2, 0.25) is 0 Å². The van der Waals surface area contributed by atoms with Crippen LogP contribution in [-0.2, 0) is 0 Å². The molecule has 0 unspecified atom stereocenters. The van der Waals surface area contributed by atoms with E-state index in [0.717, 1.165) is 5.56 Å². The zero-order valence-corrected chi connectivity index (χ0v) is 14.0. The second-order valence-corrected chi connectivity index (χ2v) is 5.90. The number of halogens is 3. The Bertz CT molecular complexity index is 720. The van der Waals surface area contributed by atoms with Crippen molar-refractivity contribution in [3.63, 3.8) is 0 Å². The summed E-state index contributed by atoms with van der Waals surface area (Å²) in [6.07, 6.45) is 0. The average molecular weight is 390 g/mol. The molecule has 0 aliphatic carbocycles. The molecule has 0 bridgehead atoms. The van der Waals surface area contributed by atoms with Gasteiger partial charge in [-0.15, -0.1) is 0 Å². The second kappa shape index (κ2) is 6.56. The third kappa shape index (κ3) is 3.43. The van der Waals surface area contributed by atoms with Gasteiger partial charge in [-0.1, -0.05) is 40.5 Å². The Morgan fingerprint density at radius 3 is 2.67 bits per heavy atom. The Balaban J connectivity index is 2.52. The van der Waals surface area contributed by atoms with E-state index in [2.05, 4.69) is 21.1 Å². The summed E-state index contributed by atoms with van der Waals surface area (Å²) in [5, 5.41) is 12.7. The molecule has 0 aliphatic rings. The molecule has 0 fully saturated rings. The first-order valence-electron chi connectivity index (χ1n) is 5.84. The van der Waals surface area contributed by atoms with Crippen molar-refractivity contribution in [3.8, 4) is 11.5 Å². The van der Waals surface area contributed by atoms with Crippen molar-refractivity contribution in [1.82, 2.24) is 0 Å². The maximum absolute atomic E-state index is 8.86. The first-order chi connectivity index (χ1) is 9.93. The lowest BCUT2D eigenvalue weighted by Crippen LogP contribution is -2.14. The Hall–Kier alpha value is -1.43. The predicted molar refractivity (Wildman–Crippen MR) is 87.9 cm³/mol. The molecule has 4 nitrogen and oxygen atoms in total. The van der Waals surface area contributed by atoms with Crippen LogP contribution in [0.3, 0.4) is 0 Å². The Morgan fingerprint density at radius 2 is 2.00 bits per heavy atom. The molecule has 0 aromatic heterocycles. The lowest BCUT2D eigenvalue weighted by molar-refractivity contribution is 0.318. The van der Waals surface area contributed by atoms with Crippen molar-refractivity contribution in [3.05, 3.63) is 56.0 Å². The molecular weight excluding hydrogens is 379 g/mol. The van der Waals surface area contributed by atoms with E-state index < -0.39 is 0 Å². The smallest absolute Gasteiger partial charge is 0.173 e. The summed E-state index contributed by atoms with van der Waals surface area (Å²) >= 11 is 15.5. The molecule has 0 amide bonds. The fourth-order valence-electron chi connectivity index (χ4n) is 1.74. The number of nitrogens with zero attached hydrogens (tertiary/aromatic N) is 1. The molecule has 0 radical (unpaired) electrons. The third-order valence-corrected chi connectivity index (χ3v) is 4.27. The van der Waals surface area contributed by atoms with Crippen molar-refractivity contribution in [2.75, 3.05) is 0 Å². The highest BCUT2D eigenvalue weighted by Crippen LogP contribution is 2.38. The van der Waals surface area contributed by atoms with Gasteiger partial charge in [0.1, 0.15) is 11.5 Å². The molecule has 0 atom stereocenters. The topological polar surface area (TPSA) is 67.8 Å².